The molecule has 20 heavy (non-hydrogen) atoms. The van der Waals surface area contributed by atoms with Gasteiger partial charge in [-0.3, -0.25) is 4.79 Å². The van der Waals surface area contributed by atoms with Gasteiger partial charge < -0.3 is 9.47 Å². The molecule has 0 aliphatic carbocycles. The van der Waals surface area contributed by atoms with Crippen molar-refractivity contribution in [1.82, 2.24) is 9.47 Å². The molecule has 0 aliphatic rings. The quantitative estimate of drug-likeness (QED) is 0.835. The number of benzene rings is 1. The van der Waals surface area contributed by atoms with Crippen LogP contribution in [0.5, 0.6) is 0 Å². The van der Waals surface area contributed by atoms with Crippen LogP contribution in [0.2, 0.25) is 0 Å². The lowest BCUT2D eigenvalue weighted by Crippen LogP contribution is -2.28. The summed E-state index contributed by atoms with van der Waals surface area (Å²) in [4.78, 5) is 14.1. The van der Waals surface area contributed by atoms with Crippen molar-refractivity contribution in [1.29, 1.82) is 0 Å². The van der Waals surface area contributed by atoms with Crippen LogP contribution in [0.15, 0.2) is 36.5 Å². The summed E-state index contributed by atoms with van der Waals surface area (Å²) in [6, 6.07) is 10.3. The van der Waals surface area contributed by atoms with E-state index in [1.807, 2.05) is 30.9 Å². The number of carbonyl (C=O) groups excluding carboxylic acids is 1. The van der Waals surface area contributed by atoms with Gasteiger partial charge in [-0.2, -0.15) is 0 Å². The Morgan fingerprint density at radius 3 is 2.45 bits per heavy atom. The molecule has 1 heterocycles. The van der Waals surface area contributed by atoms with Crippen LogP contribution >= 0.6 is 0 Å². The lowest BCUT2D eigenvalue weighted by Gasteiger charge is -2.16. The van der Waals surface area contributed by atoms with E-state index in [0.29, 0.717) is 0 Å². The third kappa shape index (κ3) is 2.93. The van der Waals surface area contributed by atoms with Gasteiger partial charge in [-0.15, -0.1) is 0 Å². The van der Waals surface area contributed by atoms with Crippen molar-refractivity contribution in [2.45, 2.75) is 20.3 Å². The van der Waals surface area contributed by atoms with Crippen molar-refractivity contribution < 1.29 is 4.79 Å². The van der Waals surface area contributed by atoms with E-state index < -0.39 is 0 Å². The van der Waals surface area contributed by atoms with E-state index in [0.717, 1.165) is 29.8 Å². The Kier molecular flexibility index (Phi) is 4.28. The number of hydrogen-bond acceptors (Lipinski definition) is 1. The van der Waals surface area contributed by atoms with E-state index in [1.165, 1.54) is 5.56 Å². The van der Waals surface area contributed by atoms with Crippen LogP contribution in [-0.4, -0.2) is 29.0 Å². The molecule has 0 aliphatic heterocycles. The Morgan fingerprint density at radius 1 is 1.20 bits per heavy atom. The van der Waals surface area contributed by atoms with Gasteiger partial charge in [0.1, 0.15) is 5.69 Å². The van der Waals surface area contributed by atoms with E-state index in [4.69, 9.17) is 0 Å². The Balaban J connectivity index is 2.30. The van der Waals surface area contributed by atoms with E-state index in [9.17, 15) is 4.79 Å². The minimum atomic E-state index is 0.0766. The monoisotopic (exact) mass is 270 g/mol. The Bertz CT molecular complexity index is 596. The Morgan fingerprint density at radius 2 is 1.85 bits per heavy atom. The van der Waals surface area contributed by atoms with Crippen LogP contribution in [-0.2, 0) is 7.05 Å². The van der Waals surface area contributed by atoms with Crippen LogP contribution < -0.4 is 0 Å². The molecular weight excluding hydrogens is 248 g/mol. The fraction of sp³-hybridized carbons (Fsp3) is 0.353. The first kappa shape index (κ1) is 14.4. The fourth-order valence-corrected chi connectivity index (χ4v) is 2.31. The first-order valence-corrected chi connectivity index (χ1v) is 7.01. The second-order valence-electron chi connectivity index (χ2n) is 5.32. The second-order valence-corrected chi connectivity index (χ2v) is 5.32. The van der Waals surface area contributed by atoms with Crippen LogP contribution in [0.25, 0.3) is 11.1 Å². The maximum atomic E-state index is 12.4. The summed E-state index contributed by atoms with van der Waals surface area (Å²) in [5, 5.41) is 0. The number of carbonyl (C=O) groups is 1. The van der Waals surface area contributed by atoms with Gasteiger partial charge in [0.25, 0.3) is 5.91 Å². The molecule has 2 aromatic rings. The maximum absolute atomic E-state index is 12.4. The second kappa shape index (κ2) is 5.95. The molecule has 3 nitrogen and oxygen atoms in total. The first-order chi connectivity index (χ1) is 9.52. The molecule has 2 rings (SSSR count). The number of rotatable bonds is 4. The summed E-state index contributed by atoms with van der Waals surface area (Å²) in [5.74, 6) is 0.0766. The van der Waals surface area contributed by atoms with Crippen molar-refractivity contribution >= 4 is 5.91 Å². The largest absolute Gasteiger partial charge is 0.346 e. The standard InChI is InChI=1S/C17H22N2O/c1-5-10-18(3)17(20)16-11-15(12-19(16)4)14-8-6-13(2)7-9-14/h6-9,11-12H,5,10H2,1-4H3. The molecule has 0 saturated heterocycles. The number of nitrogens with zero attached hydrogens (tertiary/aromatic N) is 2. The molecular formula is C17H22N2O. The maximum Gasteiger partial charge on any atom is 0.270 e. The zero-order valence-corrected chi connectivity index (χ0v) is 12.7. The summed E-state index contributed by atoms with van der Waals surface area (Å²) in [6.45, 7) is 4.93. The number of aryl methyl sites for hydroxylation is 2. The highest BCUT2D eigenvalue weighted by molar-refractivity contribution is 5.94. The van der Waals surface area contributed by atoms with Gasteiger partial charge in [0, 0.05) is 32.4 Å². The summed E-state index contributed by atoms with van der Waals surface area (Å²) >= 11 is 0. The van der Waals surface area contributed by atoms with E-state index in [1.54, 1.807) is 4.90 Å². The van der Waals surface area contributed by atoms with E-state index in [2.05, 4.69) is 38.1 Å². The van der Waals surface area contributed by atoms with Crippen molar-refractivity contribution in [3.63, 3.8) is 0 Å². The highest BCUT2D eigenvalue weighted by atomic mass is 16.2. The van der Waals surface area contributed by atoms with Gasteiger partial charge in [0.15, 0.2) is 0 Å². The molecule has 0 spiro atoms. The van der Waals surface area contributed by atoms with E-state index in [-0.39, 0.29) is 5.91 Å². The minimum absolute atomic E-state index is 0.0766. The SMILES string of the molecule is CCCN(C)C(=O)c1cc(-c2ccc(C)cc2)cn1C. The van der Waals surface area contributed by atoms with E-state index >= 15 is 0 Å². The number of aromatic nitrogens is 1. The lowest BCUT2D eigenvalue weighted by atomic mass is 10.1. The van der Waals surface area contributed by atoms with Crippen molar-refractivity contribution in [2.75, 3.05) is 13.6 Å². The molecule has 0 fully saturated rings. The Hall–Kier alpha value is -2.03. The highest BCUT2D eigenvalue weighted by Crippen LogP contribution is 2.22. The number of amides is 1. The predicted octanol–water partition coefficient (Wildman–Crippen LogP) is 3.48. The minimum Gasteiger partial charge on any atom is -0.346 e. The average Bonchev–Trinajstić information content (AvgIpc) is 2.81. The van der Waals surface area contributed by atoms with Crippen molar-refractivity contribution in [3.05, 3.63) is 47.8 Å². The number of hydrogen-bond donors (Lipinski definition) is 0. The molecule has 0 radical (unpaired) electrons. The average molecular weight is 270 g/mol. The van der Waals surface area contributed by atoms with Crippen molar-refractivity contribution in [3.8, 4) is 11.1 Å². The van der Waals surface area contributed by atoms with Crippen LogP contribution in [0.3, 0.4) is 0 Å². The first-order valence-electron chi connectivity index (χ1n) is 7.01. The Labute approximate surface area is 120 Å². The summed E-state index contributed by atoms with van der Waals surface area (Å²) in [5.41, 5.74) is 4.20. The fourth-order valence-electron chi connectivity index (χ4n) is 2.31. The third-order valence-electron chi connectivity index (χ3n) is 3.51. The summed E-state index contributed by atoms with van der Waals surface area (Å²) in [6.07, 6.45) is 2.98. The smallest absolute Gasteiger partial charge is 0.270 e. The zero-order chi connectivity index (χ0) is 14.7. The zero-order valence-electron chi connectivity index (χ0n) is 12.7. The van der Waals surface area contributed by atoms with Gasteiger partial charge in [-0.1, -0.05) is 36.8 Å². The topological polar surface area (TPSA) is 25.2 Å². The molecule has 1 amide bonds. The molecule has 0 unspecified atom stereocenters. The van der Waals surface area contributed by atoms with Crippen molar-refractivity contribution in [2.24, 2.45) is 7.05 Å². The van der Waals surface area contributed by atoms with Gasteiger partial charge in [0.2, 0.25) is 0 Å². The van der Waals surface area contributed by atoms with Gasteiger partial charge >= 0.3 is 0 Å². The lowest BCUT2D eigenvalue weighted by molar-refractivity contribution is 0.0786. The molecule has 106 valence electrons. The third-order valence-corrected chi connectivity index (χ3v) is 3.51. The molecule has 0 bridgehead atoms. The molecule has 1 aromatic carbocycles. The summed E-state index contributed by atoms with van der Waals surface area (Å²) in [7, 11) is 3.77. The molecule has 0 saturated carbocycles. The van der Waals surface area contributed by atoms with Crippen LogP contribution in [0, 0.1) is 6.92 Å². The molecule has 0 N–H and O–H groups in total. The predicted molar refractivity (Wildman–Crippen MR) is 82.8 cm³/mol. The van der Waals surface area contributed by atoms with Gasteiger partial charge in [-0.25, -0.2) is 0 Å². The highest BCUT2D eigenvalue weighted by Gasteiger charge is 2.16. The van der Waals surface area contributed by atoms with Crippen LogP contribution in [0.4, 0.5) is 0 Å². The molecule has 3 heteroatoms. The van der Waals surface area contributed by atoms with Gasteiger partial charge in [0.05, 0.1) is 0 Å². The summed E-state index contributed by atoms with van der Waals surface area (Å²) < 4.78 is 1.91. The van der Waals surface area contributed by atoms with Crippen LogP contribution in [0.1, 0.15) is 29.4 Å². The normalized spacial score (nSPS) is 10.6. The van der Waals surface area contributed by atoms with Gasteiger partial charge in [-0.05, 0) is 25.0 Å². The molecule has 0 atom stereocenters. The molecule has 1 aromatic heterocycles.